The summed E-state index contributed by atoms with van der Waals surface area (Å²) >= 11 is 0. The Kier molecular flexibility index (Phi) is 5.73. The molecule has 4 rings (SSSR count). The minimum Gasteiger partial charge on any atom is -0.349 e. The van der Waals surface area contributed by atoms with Crippen LogP contribution < -0.4 is 9.80 Å². The summed E-state index contributed by atoms with van der Waals surface area (Å²) in [5, 5.41) is 0.750. The van der Waals surface area contributed by atoms with Gasteiger partial charge in [0.1, 0.15) is 5.82 Å². The maximum absolute atomic E-state index is 13.8. The van der Waals surface area contributed by atoms with Gasteiger partial charge in [-0.3, -0.25) is 0 Å². The van der Waals surface area contributed by atoms with Crippen molar-refractivity contribution < 1.29 is 13.2 Å². The lowest BCUT2D eigenvalue weighted by molar-refractivity contribution is -0.138. The zero-order valence-electron chi connectivity index (χ0n) is 17.9. The number of hydrogen-bond donors (Lipinski definition) is 0. The van der Waals surface area contributed by atoms with Crippen LogP contribution in [0.4, 0.5) is 24.9 Å². The van der Waals surface area contributed by atoms with E-state index in [1.54, 1.807) is 18.3 Å². The van der Waals surface area contributed by atoms with E-state index in [4.69, 9.17) is 4.98 Å². The monoisotopic (exact) mass is 429 g/mol. The Morgan fingerprint density at radius 1 is 1.06 bits per heavy atom. The summed E-state index contributed by atoms with van der Waals surface area (Å²) in [5.41, 5.74) is 0.260. The van der Waals surface area contributed by atoms with Crippen LogP contribution in [0.3, 0.4) is 0 Å². The molecule has 1 unspecified atom stereocenters. The highest BCUT2D eigenvalue weighted by atomic mass is 19.4. The maximum Gasteiger partial charge on any atom is 0.416 e. The van der Waals surface area contributed by atoms with Crippen LogP contribution in [0.2, 0.25) is 0 Å². The second kappa shape index (κ2) is 8.32. The fourth-order valence-corrected chi connectivity index (χ4v) is 4.10. The largest absolute Gasteiger partial charge is 0.416 e. The third-order valence-electron chi connectivity index (χ3n) is 5.93. The van der Waals surface area contributed by atoms with Crippen LogP contribution in [0.5, 0.6) is 0 Å². The summed E-state index contributed by atoms with van der Waals surface area (Å²) in [5.74, 6) is 1.16. The zero-order chi connectivity index (χ0) is 22.2. The van der Waals surface area contributed by atoms with Crippen molar-refractivity contribution >= 4 is 22.8 Å². The van der Waals surface area contributed by atoms with E-state index in [0.717, 1.165) is 18.2 Å². The molecule has 0 saturated carbocycles. The van der Waals surface area contributed by atoms with E-state index in [2.05, 4.69) is 9.97 Å². The van der Waals surface area contributed by atoms with Crippen molar-refractivity contribution in [2.45, 2.75) is 51.4 Å². The highest BCUT2D eigenvalue weighted by molar-refractivity contribution is 5.88. The molecule has 0 aliphatic carbocycles. The quantitative estimate of drug-likeness (QED) is 0.539. The minimum atomic E-state index is -4.40. The lowest BCUT2D eigenvalue weighted by Crippen LogP contribution is -2.36. The number of halogens is 3. The minimum absolute atomic E-state index is 0.164. The Labute approximate surface area is 179 Å². The van der Waals surface area contributed by atoms with Crippen LogP contribution in [0.1, 0.15) is 50.3 Å². The molecule has 5 nitrogen and oxygen atoms in total. The van der Waals surface area contributed by atoms with Gasteiger partial charge in [-0.15, -0.1) is 0 Å². The second-order valence-corrected chi connectivity index (χ2v) is 8.22. The van der Waals surface area contributed by atoms with Crippen LogP contribution in [-0.2, 0) is 6.18 Å². The topological polar surface area (TPSA) is 45.2 Å². The van der Waals surface area contributed by atoms with E-state index in [0.29, 0.717) is 35.9 Å². The molecule has 164 valence electrons. The number of hydrogen-bond acceptors (Lipinski definition) is 5. The molecule has 3 aromatic rings. The Morgan fingerprint density at radius 2 is 1.84 bits per heavy atom. The van der Waals surface area contributed by atoms with Crippen molar-refractivity contribution in [3.05, 3.63) is 53.7 Å². The number of alkyl halides is 3. The molecule has 0 spiro atoms. The Balaban J connectivity index is 1.88. The van der Waals surface area contributed by atoms with Crippen molar-refractivity contribution in [1.82, 2.24) is 15.0 Å². The fraction of sp³-hybridized carbons (Fsp3) is 0.435. The number of rotatable bonds is 4. The molecule has 1 aromatic carbocycles. The summed E-state index contributed by atoms with van der Waals surface area (Å²) in [6.45, 7) is 4.70. The van der Waals surface area contributed by atoms with Gasteiger partial charge in [-0.05, 0) is 56.9 Å². The third-order valence-corrected chi connectivity index (χ3v) is 5.93. The molecule has 1 aliphatic heterocycles. The number of benzene rings is 1. The number of anilines is 2. The summed E-state index contributed by atoms with van der Waals surface area (Å²) in [4.78, 5) is 17.8. The predicted octanol–water partition coefficient (Wildman–Crippen LogP) is 5.62. The molecule has 1 saturated heterocycles. The number of pyridine rings is 1. The molecule has 0 amide bonds. The van der Waals surface area contributed by atoms with Crippen LogP contribution >= 0.6 is 0 Å². The van der Waals surface area contributed by atoms with Gasteiger partial charge >= 0.3 is 6.18 Å². The summed E-state index contributed by atoms with van der Waals surface area (Å²) in [6.07, 6.45) is -0.337. The van der Waals surface area contributed by atoms with Crippen LogP contribution in [0.15, 0.2) is 42.6 Å². The second-order valence-electron chi connectivity index (χ2n) is 8.22. The molecule has 0 radical (unpaired) electrons. The lowest BCUT2D eigenvalue weighted by atomic mass is 9.91. The first-order valence-corrected chi connectivity index (χ1v) is 10.6. The molecular formula is C23H26F3N5. The average Bonchev–Trinajstić information content (AvgIpc) is 2.77. The van der Waals surface area contributed by atoms with Crippen molar-refractivity contribution in [1.29, 1.82) is 0 Å². The zero-order valence-corrected chi connectivity index (χ0v) is 17.9. The van der Waals surface area contributed by atoms with Gasteiger partial charge in [-0.25, -0.2) is 4.98 Å². The van der Waals surface area contributed by atoms with Crippen molar-refractivity contribution in [3.8, 4) is 0 Å². The standard InChI is InChI=1S/C23H26F3N5/c1-15(2)30(3)22-28-20-17(10-8-13-27-20)21(29-22)31-14-7-6-12-19(31)16-9-4-5-11-18(16)23(24,25)26/h4-5,8-11,13,15,19H,6-7,12,14H2,1-3H3. The number of aromatic nitrogens is 3. The van der Waals surface area contributed by atoms with Crippen molar-refractivity contribution in [2.75, 3.05) is 23.4 Å². The van der Waals surface area contributed by atoms with Crippen LogP contribution in [0, 0.1) is 0 Å². The van der Waals surface area contributed by atoms with Crippen molar-refractivity contribution in [2.24, 2.45) is 0 Å². The summed E-state index contributed by atoms with van der Waals surface area (Å²) in [6, 6.07) is 9.32. The average molecular weight is 429 g/mol. The van der Waals surface area contributed by atoms with Gasteiger partial charge in [0.15, 0.2) is 5.65 Å². The molecule has 0 bridgehead atoms. The third kappa shape index (κ3) is 4.16. The first-order chi connectivity index (χ1) is 14.8. The maximum atomic E-state index is 13.8. The number of fused-ring (bicyclic) bond motifs is 1. The summed E-state index contributed by atoms with van der Waals surface area (Å²) < 4.78 is 41.4. The van der Waals surface area contributed by atoms with E-state index in [1.807, 2.05) is 42.8 Å². The van der Waals surface area contributed by atoms with E-state index in [9.17, 15) is 13.2 Å². The predicted molar refractivity (Wildman–Crippen MR) is 116 cm³/mol. The van der Waals surface area contributed by atoms with E-state index in [-0.39, 0.29) is 6.04 Å². The van der Waals surface area contributed by atoms with Gasteiger partial charge in [0, 0.05) is 25.8 Å². The van der Waals surface area contributed by atoms with Gasteiger partial charge in [0.05, 0.1) is 17.0 Å². The summed E-state index contributed by atoms with van der Waals surface area (Å²) in [7, 11) is 1.91. The molecule has 8 heteroatoms. The van der Waals surface area contributed by atoms with E-state index < -0.39 is 17.8 Å². The first kappa shape index (κ1) is 21.3. The van der Waals surface area contributed by atoms with Gasteiger partial charge in [-0.1, -0.05) is 18.2 Å². The highest BCUT2D eigenvalue weighted by Crippen LogP contribution is 2.42. The molecule has 31 heavy (non-hydrogen) atoms. The fourth-order valence-electron chi connectivity index (χ4n) is 4.10. The Bertz CT molecular complexity index is 1070. The van der Waals surface area contributed by atoms with E-state index >= 15 is 0 Å². The first-order valence-electron chi connectivity index (χ1n) is 10.6. The normalized spacial score (nSPS) is 17.4. The highest BCUT2D eigenvalue weighted by Gasteiger charge is 2.37. The Hall–Kier alpha value is -2.90. The molecule has 2 aromatic heterocycles. The lowest BCUT2D eigenvalue weighted by Gasteiger charge is -2.39. The van der Waals surface area contributed by atoms with Gasteiger partial charge in [0.2, 0.25) is 5.95 Å². The molecular weight excluding hydrogens is 403 g/mol. The number of nitrogens with zero attached hydrogens (tertiary/aromatic N) is 5. The van der Waals surface area contributed by atoms with Gasteiger partial charge in [0.25, 0.3) is 0 Å². The van der Waals surface area contributed by atoms with E-state index in [1.165, 1.54) is 12.1 Å². The van der Waals surface area contributed by atoms with Crippen LogP contribution in [-0.4, -0.2) is 34.6 Å². The molecule has 1 aliphatic rings. The van der Waals surface area contributed by atoms with Gasteiger partial charge < -0.3 is 9.80 Å². The molecule has 3 heterocycles. The van der Waals surface area contributed by atoms with Gasteiger partial charge in [-0.2, -0.15) is 23.1 Å². The molecule has 1 atom stereocenters. The molecule has 1 fully saturated rings. The number of piperidine rings is 1. The SMILES string of the molecule is CC(C)N(C)c1nc(N2CCCCC2c2ccccc2C(F)(F)F)c2cccnc2n1. The molecule has 0 N–H and O–H groups in total. The van der Waals surface area contributed by atoms with Crippen molar-refractivity contribution in [3.63, 3.8) is 0 Å². The Morgan fingerprint density at radius 3 is 2.58 bits per heavy atom. The smallest absolute Gasteiger partial charge is 0.349 e. The van der Waals surface area contributed by atoms with Crippen LogP contribution in [0.25, 0.3) is 11.0 Å².